The molecule has 57 heavy (non-hydrogen) atoms. The lowest BCUT2D eigenvalue weighted by Crippen LogP contribution is -1.90. The molecule has 274 valence electrons. The zero-order valence-corrected chi connectivity index (χ0v) is 32.2. The van der Waals surface area contributed by atoms with Gasteiger partial charge in [0, 0.05) is 22.3 Å². The van der Waals surface area contributed by atoms with Crippen molar-refractivity contribution < 1.29 is 9.15 Å². The monoisotopic (exact) mass is 734 g/mol. The lowest BCUT2D eigenvalue weighted by Gasteiger charge is -2.12. The molecule has 0 saturated heterocycles. The van der Waals surface area contributed by atoms with Gasteiger partial charge in [-0.05, 0) is 103 Å². The molecular formula is C55H42O2. The van der Waals surface area contributed by atoms with Gasteiger partial charge in [-0.2, -0.15) is 0 Å². The summed E-state index contributed by atoms with van der Waals surface area (Å²) in [6.07, 6.45) is 10.1. The molecule has 0 N–H and O–H groups in total. The third-order valence-electron chi connectivity index (χ3n) is 11.1. The van der Waals surface area contributed by atoms with E-state index in [2.05, 4.69) is 190 Å². The summed E-state index contributed by atoms with van der Waals surface area (Å²) in [4.78, 5) is 0. The third-order valence-corrected chi connectivity index (χ3v) is 11.1. The number of benzene rings is 8. The van der Waals surface area contributed by atoms with Gasteiger partial charge in [-0.3, -0.25) is 0 Å². The Bertz CT molecular complexity index is 3040. The van der Waals surface area contributed by atoms with Crippen LogP contribution in [0.1, 0.15) is 17.0 Å². The first-order chi connectivity index (χ1) is 28.0. The highest BCUT2D eigenvalue weighted by atomic mass is 16.5. The van der Waals surface area contributed by atoms with E-state index in [4.69, 9.17) is 9.15 Å². The van der Waals surface area contributed by atoms with Crippen molar-refractivity contribution in [1.29, 1.82) is 0 Å². The highest BCUT2D eigenvalue weighted by molar-refractivity contribution is 6.25. The van der Waals surface area contributed by atoms with Gasteiger partial charge in [-0.1, -0.05) is 176 Å². The largest absolute Gasteiger partial charge is 0.496 e. The molecule has 0 amide bonds. The Morgan fingerprint density at radius 3 is 1.81 bits per heavy atom. The van der Waals surface area contributed by atoms with Gasteiger partial charge in [0.1, 0.15) is 16.9 Å². The summed E-state index contributed by atoms with van der Waals surface area (Å²) in [6.45, 7) is 9.88. The third kappa shape index (κ3) is 6.66. The Morgan fingerprint density at radius 2 is 1.14 bits per heavy atom. The summed E-state index contributed by atoms with van der Waals surface area (Å²) in [5.74, 6) is 1.07. The second-order valence-corrected chi connectivity index (χ2v) is 14.6. The minimum absolute atomic E-state index is 0.251. The number of ether oxygens (including phenoxy) is 1. The van der Waals surface area contributed by atoms with Gasteiger partial charge in [-0.15, -0.1) is 0 Å². The standard InChI is InChI=1S/C37H24O.C18H18O/c1-23-13-15-24(16-14-23)27-11-6-12-36-37(27)34-22-26(18-20-35(34)38-36)25-17-19-32-30-9-3-2-7-28(30)29-8-4-5-10-31(29)33(32)21-25;1-4-14(2)17-12-10-16(11-13-18(17)19-3)15-8-6-5-7-9-15/h2-22H,1H3;4-13,16H,1-2H2,3H3. The second-order valence-electron chi connectivity index (χ2n) is 14.6. The van der Waals surface area contributed by atoms with Crippen LogP contribution in [0.25, 0.3) is 76.5 Å². The van der Waals surface area contributed by atoms with Gasteiger partial charge in [0.15, 0.2) is 0 Å². The summed E-state index contributed by atoms with van der Waals surface area (Å²) in [6, 6.07) is 56.4. The quantitative estimate of drug-likeness (QED) is 0.125. The van der Waals surface area contributed by atoms with E-state index in [-0.39, 0.29) is 5.92 Å². The van der Waals surface area contributed by atoms with Crippen LogP contribution in [-0.2, 0) is 4.74 Å². The van der Waals surface area contributed by atoms with Crippen molar-refractivity contribution in [3.63, 3.8) is 0 Å². The number of methoxy groups -OCH3 is 1. The van der Waals surface area contributed by atoms with Crippen molar-refractivity contribution in [1.82, 2.24) is 0 Å². The van der Waals surface area contributed by atoms with Crippen LogP contribution >= 0.6 is 0 Å². The maximum atomic E-state index is 6.31. The SMILES string of the molecule is C=CC(=C)C1=C(OC)C=CC(c2ccccc2)C=C1.Cc1ccc(-c2cccc3oc4ccc(-c5ccc6c7ccccc7c7ccccc7c6c5)cc4c23)cc1. The van der Waals surface area contributed by atoms with Crippen molar-refractivity contribution in [2.45, 2.75) is 12.8 Å². The average Bonchev–Trinajstić information content (AvgIpc) is 3.51. The normalized spacial score (nSPS) is 13.9. The minimum atomic E-state index is 0.251. The molecule has 0 bridgehead atoms. The van der Waals surface area contributed by atoms with Crippen LogP contribution in [0, 0.1) is 6.92 Å². The summed E-state index contributed by atoms with van der Waals surface area (Å²) >= 11 is 0. The molecule has 8 aromatic carbocycles. The molecule has 10 rings (SSSR count). The second kappa shape index (κ2) is 15.2. The predicted molar refractivity (Wildman–Crippen MR) is 243 cm³/mol. The van der Waals surface area contributed by atoms with Gasteiger partial charge in [0.05, 0.1) is 7.11 Å². The first-order valence-corrected chi connectivity index (χ1v) is 19.4. The van der Waals surface area contributed by atoms with E-state index >= 15 is 0 Å². The highest BCUT2D eigenvalue weighted by Gasteiger charge is 2.15. The van der Waals surface area contributed by atoms with E-state index in [0.29, 0.717) is 0 Å². The van der Waals surface area contributed by atoms with E-state index in [9.17, 15) is 0 Å². The minimum Gasteiger partial charge on any atom is -0.496 e. The van der Waals surface area contributed by atoms with Crippen molar-refractivity contribution in [2.75, 3.05) is 7.11 Å². The van der Waals surface area contributed by atoms with Crippen LogP contribution in [-0.4, -0.2) is 7.11 Å². The Morgan fingerprint density at radius 1 is 0.561 bits per heavy atom. The number of furan rings is 1. The van der Waals surface area contributed by atoms with Crippen LogP contribution in [0.5, 0.6) is 0 Å². The first-order valence-electron chi connectivity index (χ1n) is 19.4. The number of allylic oxidation sites excluding steroid dienone is 7. The maximum absolute atomic E-state index is 6.31. The summed E-state index contributed by atoms with van der Waals surface area (Å²) < 4.78 is 11.7. The van der Waals surface area contributed by atoms with Crippen molar-refractivity contribution in [2.24, 2.45) is 0 Å². The molecule has 2 nitrogen and oxygen atoms in total. The first kappa shape index (κ1) is 35.5. The van der Waals surface area contributed by atoms with Gasteiger partial charge in [0.25, 0.3) is 0 Å². The van der Waals surface area contributed by atoms with E-state index in [1.54, 1.807) is 13.2 Å². The lowest BCUT2D eigenvalue weighted by molar-refractivity contribution is 0.304. The van der Waals surface area contributed by atoms with Gasteiger partial charge in [0.2, 0.25) is 0 Å². The Kier molecular flexibility index (Phi) is 9.46. The van der Waals surface area contributed by atoms with E-state index in [0.717, 1.165) is 33.5 Å². The van der Waals surface area contributed by atoms with Crippen LogP contribution in [0.4, 0.5) is 0 Å². The summed E-state index contributed by atoms with van der Waals surface area (Å²) in [5.41, 5.74) is 11.0. The molecule has 0 fully saturated rings. The predicted octanol–water partition coefficient (Wildman–Crippen LogP) is 15.2. The van der Waals surface area contributed by atoms with Crippen LogP contribution in [0.15, 0.2) is 223 Å². The topological polar surface area (TPSA) is 22.4 Å². The average molecular weight is 735 g/mol. The molecule has 1 aromatic heterocycles. The van der Waals surface area contributed by atoms with Crippen molar-refractivity contribution >= 4 is 54.3 Å². The van der Waals surface area contributed by atoms with E-state index < -0.39 is 0 Å². The molecule has 0 radical (unpaired) electrons. The zero-order chi connectivity index (χ0) is 38.9. The molecule has 9 aromatic rings. The van der Waals surface area contributed by atoms with Gasteiger partial charge < -0.3 is 9.15 Å². The van der Waals surface area contributed by atoms with E-state index in [1.807, 2.05) is 12.1 Å². The number of fused-ring (bicyclic) bond motifs is 9. The van der Waals surface area contributed by atoms with Crippen LogP contribution < -0.4 is 0 Å². The molecule has 1 aliphatic carbocycles. The fraction of sp³-hybridized carbons (Fsp3) is 0.0545. The van der Waals surface area contributed by atoms with Crippen LogP contribution in [0.2, 0.25) is 0 Å². The number of hydrogen-bond acceptors (Lipinski definition) is 2. The maximum Gasteiger partial charge on any atom is 0.136 e. The van der Waals surface area contributed by atoms with Crippen molar-refractivity contribution in [3.8, 4) is 22.3 Å². The summed E-state index contributed by atoms with van der Waals surface area (Å²) in [7, 11) is 1.67. The van der Waals surface area contributed by atoms with Crippen molar-refractivity contribution in [3.05, 3.63) is 229 Å². The number of rotatable bonds is 6. The number of hydrogen-bond donors (Lipinski definition) is 0. The fourth-order valence-corrected chi connectivity index (χ4v) is 8.15. The molecule has 0 saturated carbocycles. The molecular weight excluding hydrogens is 693 g/mol. The summed E-state index contributed by atoms with van der Waals surface area (Å²) in [5, 5.41) is 10.1. The Balaban J connectivity index is 0.000000188. The van der Waals surface area contributed by atoms with Gasteiger partial charge >= 0.3 is 0 Å². The van der Waals surface area contributed by atoms with Crippen LogP contribution in [0.3, 0.4) is 0 Å². The Hall–Kier alpha value is -7.16. The fourth-order valence-electron chi connectivity index (χ4n) is 8.15. The number of aryl methyl sites for hydroxylation is 1. The smallest absolute Gasteiger partial charge is 0.136 e. The molecule has 2 heteroatoms. The molecule has 1 heterocycles. The molecule has 1 unspecified atom stereocenters. The van der Waals surface area contributed by atoms with E-state index in [1.165, 1.54) is 71.1 Å². The Labute approximate surface area is 333 Å². The molecule has 1 atom stereocenters. The molecule has 1 aliphatic rings. The highest BCUT2D eigenvalue weighted by Crippen LogP contribution is 2.41. The molecule has 0 spiro atoms. The van der Waals surface area contributed by atoms with Gasteiger partial charge in [-0.25, -0.2) is 0 Å². The lowest BCUT2D eigenvalue weighted by atomic mass is 9.91. The zero-order valence-electron chi connectivity index (χ0n) is 32.2. The molecule has 0 aliphatic heterocycles.